The van der Waals surface area contributed by atoms with Crippen LogP contribution in [0.15, 0.2) is 65.5 Å². The first-order valence-electron chi connectivity index (χ1n) is 23.8. The molecule has 0 saturated heterocycles. The van der Waals surface area contributed by atoms with E-state index in [0.717, 1.165) is 21.4 Å². The number of halogens is 2. The second-order valence-electron chi connectivity index (χ2n) is 17.7. The van der Waals surface area contributed by atoms with E-state index < -0.39 is 47.6 Å². The average molecular weight is 1020 g/mol. The first kappa shape index (κ1) is 53.2. The number of carbonyl (C=O) groups is 4. The monoisotopic (exact) mass is 1020 g/mol. The summed E-state index contributed by atoms with van der Waals surface area (Å²) in [5.41, 5.74) is 2.33. The summed E-state index contributed by atoms with van der Waals surface area (Å²) in [5.74, 6) is 3.64. The van der Waals surface area contributed by atoms with E-state index in [2.05, 4.69) is 18.4 Å². The minimum absolute atomic E-state index is 0.0107. The number of amides is 3. The van der Waals surface area contributed by atoms with Gasteiger partial charge in [-0.25, -0.2) is 23.8 Å². The van der Waals surface area contributed by atoms with Crippen molar-refractivity contribution in [1.29, 1.82) is 0 Å². The van der Waals surface area contributed by atoms with Gasteiger partial charge in [-0.1, -0.05) is 50.9 Å². The highest BCUT2D eigenvalue weighted by atomic mass is 35.5. The Morgan fingerprint density at radius 3 is 2.38 bits per heavy atom. The summed E-state index contributed by atoms with van der Waals surface area (Å²) in [6, 6.07) is 12.8. The Morgan fingerprint density at radius 1 is 0.959 bits per heavy atom. The molecule has 0 aliphatic carbocycles. The van der Waals surface area contributed by atoms with Crippen molar-refractivity contribution >= 4 is 46.6 Å². The van der Waals surface area contributed by atoms with Crippen LogP contribution >= 0.6 is 11.6 Å². The van der Waals surface area contributed by atoms with Crippen LogP contribution in [-0.2, 0) is 55.5 Å². The maximum atomic E-state index is 16.2. The van der Waals surface area contributed by atoms with E-state index in [4.69, 9.17) is 35.5 Å². The number of phenols is 2. The lowest BCUT2D eigenvalue weighted by Crippen LogP contribution is -2.48. The molecule has 3 amide bonds. The number of hydrogen-bond donors (Lipinski definition) is 2. The van der Waals surface area contributed by atoms with E-state index in [9.17, 15) is 34.2 Å². The van der Waals surface area contributed by atoms with Crippen molar-refractivity contribution in [3.8, 4) is 51.6 Å². The minimum atomic E-state index is -2.01. The minimum Gasteiger partial charge on any atom is -0.508 e. The average Bonchev–Trinajstić information content (AvgIpc) is 3.61. The van der Waals surface area contributed by atoms with Gasteiger partial charge in [0.25, 0.3) is 11.5 Å². The van der Waals surface area contributed by atoms with E-state index >= 15 is 4.39 Å². The molecule has 2 aromatic heterocycles. The molecule has 0 bridgehead atoms. The number of ether oxygens (including phenoxy) is 4. The molecule has 3 aromatic carbocycles. The molecule has 0 saturated carbocycles. The zero-order valence-electron chi connectivity index (χ0n) is 42.1. The highest BCUT2D eigenvalue weighted by Gasteiger charge is 2.48. The van der Waals surface area contributed by atoms with Crippen LogP contribution in [-0.4, -0.2) is 131 Å². The van der Waals surface area contributed by atoms with Gasteiger partial charge < -0.3 is 48.4 Å². The SMILES string of the molecule is C=C(COC(=O)N(C)CCN(C)C(=O)OC1(C)C(=O)OCc2c1cc1n(c2=O)Cc2c-1nc1ccc(O)cc1c2CC)C(=O)N(C)CCN1CCOc2c(cc(C#CC)c(-c3c(O)cccc3Cl)c2F)C1.CC. The topological polar surface area (TPSA) is 194 Å². The molecule has 0 radical (unpaired) electrons. The molecule has 5 aromatic rings. The van der Waals surface area contributed by atoms with Gasteiger partial charge in [-0.05, 0) is 68.3 Å². The highest BCUT2D eigenvalue weighted by Crippen LogP contribution is 2.44. The number of pyridine rings is 2. The Labute approximate surface area is 427 Å². The summed E-state index contributed by atoms with van der Waals surface area (Å²) in [7, 11) is 4.44. The molecule has 384 valence electrons. The van der Waals surface area contributed by atoms with Gasteiger partial charge in [0.15, 0.2) is 11.6 Å². The molecule has 1 atom stereocenters. The first-order valence-corrected chi connectivity index (χ1v) is 24.2. The zero-order chi connectivity index (χ0) is 53.1. The molecule has 3 aliphatic rings. The van der Waals surface area contributed by atoms with Gasteiger partial charge in [0.2, 0.25) is 5.60 Å². The fourth-order valence-corrected chi connectivity index (χ4v) is 9.36. The maximum Gasteiger partial charge on any atom is 0.411 e. The van der Waals surface area contributed by atoms with Crippen LogP contribution in [0.4, 0.5) is 14.0 Å². The van der Waals surface area contributed by atoms with Gasteiger partial charge in [-0.15, -0.1) is 5.92 Å². The van der Waals surface area contributed by atoms with Crippen molar-refractivity contribution < 1.29 is 52.7 Å². The normalized spacial score (nSPS) is 15.3. The van der Waals surface area contributed by atoms with Crippen molar-refractivity contribution in [3.63, 3.8) is 0 Å². The summed E-state index contributed by atoms with van der Waals surface area (Å²) in [6.07, 6.45) is -1.12. The molecule has 19 heteroatoms. The van der Waals surface area contributed by atoms with Crippen LogP contribution in [0.25, 0.3) is 33.4 Å². The largest absolute Gasteiger partial charge is 0.508 e. The highest BCUT2D eigenvalue weighted by molar-refractivity contribution is 6.33. The van der Waals surface area contributed by atoms with Crippen LogP contribution in [0.1, 0.15) is 68.0 Å². The summed E-state index contributed by atoms with van der Waals surface area (Å²) < 4.78 is 40.3. The van der Waals surface area contributed by atoms with Crippen LogP contribution < -0.4 is 10.3 Å². The maximum absolute atomic E-state index is 16.2. The number of fused-ring (bicyclic) bond motifs is 6. The molecule has 3 aliphatic heterocycles. The summed E-state index contributed by atoms with van der Waals surface area (Å²) in [6.45, 7) is 13.7. The van der Waals surface area contributed by atoms with E-state index in [1.807, 2.05) is 25.7 Å². The van der Waals surface area contributed by atoms with Crippen LogP contribution in [0.5, 0.6) is 17.2 Å². The van der Waals surface area contributed by atoms with Crippen molar-refractivity contribution in [2.75, 3.05) is 67.1 Å². The second kappa shape index (κ2) is 22.0. The van der Waals surface area contributed by atoms with Crippen molar-refractivity contribution in [1.82, 2.24) is 29.2 Å². The van der Waals surface area contributed by atoms with Gasteiger partial charge >= 0.3 is 18.2 Å². The van der Waals surface area contributed by atoms with E-state index in [0.29, 0.717) is 47.5 Å². The third-order valence-electron chi connectivity index (χ3n) is 13.1. The third kappa shape index (κ3) is 10.4. The van der Waals surface area contributed by atoms with Crippen LogP contribution in [0.2, 0.25) is 5.02 Å². The number of carbonyl (C=O) groups excluding carboxylic acids is 4. The van der Waals surface area contributed by atoms with Gasteiger partial charge in [-0.3, -0.25) is 14.5 Å². The van der Waals surface area contributed by atoms with Crippen molar-refractivity contribution in [3.05, 3.63) is 115 Å². The Bertz CT molecular complexity index is 3160. The summed E-state index contributed by atoms with van der Waals surface area (Å²) in [4.78, 5) is 78.0. The smallest absolute Gasteiger partial charge is 0.411 e. The Hall–Kier alpha value is -7.62. The lowest BCUT2D eigenvalue weighted by atomic mass is 9.89. The molecule has 2 N–H and O–H groups in total. The Morgan fingerprint density at radius 2 is 1.68 bits per heavy atom. The van der Waals surface area contributed by atoms with Gasteiger partial charge in [0, 0.05) is 105 Å². The van der Waals surface area contributed by atoms with Crippen molar-refractivity contribution in [2.45, 2.75) is 66.3 Å². The van der Waals surface area contributed by atoms with E-state index in [-0.39, 0.29) is 96.0 Å². The number of phenolic OH excluding ortho intramolecular Hbond substituents is 2. The fourth-order valence-electron chi connectivity index (χ4n) is 9.09. The Balaban J connectivity index is 0.00000385. The number of likely N-dealkylation sites (N-methyl/N-ethyl adjacent to an activating group) is 3. The second-order valence-corrected chi connectivity index (χ2v) is 18.1. The number of rotatable bonds is 12. The quantitative estimate of drug-likeness (QED) is 0.0528. The predicted octanol–water partition coefficient (Wildman–Crippen LogP) is 7.57. The molecular formula is C54H58ClFN6O11. The number of aromatic hydroxyl groups is 2. The van der Waals surface area contributed by atoms with Crippen LogP contribution in [0.3, 0.4) is 0 Å². The molecule has 5 heterocycles. The number of hydrogen-bond acceptors (Lipinski definition) is 13. The predicted molar refractivity (Wildman–Crippen MR) is 272 cm³/mol. The molecule has 1 unspecified atom stereocenters. The number of nitrogens with zero attached hydrogens (tertiary/aromatic N) is 6. The third-order valence-corrected chi connectivity index (χ3v) is 13.4. The number of esters is 1. The summed E-state index contributed by atoms with van der Waals surface area (Å²) >= 11 is 6.40. The molecule has 0 fully saturated rings. The molecule has 17 nitrogen and oxygen atoms in total. The van der Waals surface area contributed by atoms with E-state index in [1.54, 1.807) is 54.9 Å². The number of aromatic nitrogens is 2. The van der Waals surface area contributed by atoms with Gasteiger partial charge in [-0.2, -0.15) is 0 Å². The van der Waals surface area contributed by atoms with Gasteiger partial charge in [0.1, 0.15) is 31.3 Å². The van der Waals surface area contributed by atoms with Gasteiger partial charge in [0.05, 0.1) is 34.0 Å². The molecule has 0 spiro atoms. The fraction of sp³-hybridized carbons (Fsp3) is 0.370. The number of cyclic esters (lactones) is 1. The first-order chi connectivity index (χ1) is 34.9. The zero-order valence-corrected chi connectivity index (χ0v) is 42.9. The lowest BCUT2D eigenvalue weighted by Gasteiger charge is -2.34. The lowest BCUT2D eigenvalue weighted by molar-refractivity contribution is -0.170. The van der Waals surface area contributed by atoms with E-state index in [1.165, 1.54) is 43.0 Å². The standard InChI is InChI=1S/C52H52ClFN6O11.C2H6/c1-8-11-30-22-31-25-59(20-21-68-46(31)44(54)42(30)43-38(53)12-10-13-41(43)62)19-18-56(5)47(63)29(3)27-70-50(66)57(6)16-17-58(7)51(67)71-52(4)37-24-40-45-35(26-60(40)48(64)36(37)28-69-49(52)65)33(9-2)34-23-32(61)14-15-39(34)55-45;1-2/h10,12-15,22-24,61-62H,3,9,16-21,25-28H2,1-2,4-7H3;1-2H3. The van der Waals surface area contributed by atoms with Crippen LogP contribution in [0, 0.1) is 17.7 Å². The molecule has 73 heavy (non-hydrogen) atoms. The molecule has 8 rings (SSSR count). The number of aryl methyl sites for hydroxylation is 1. The number of benzene rings is 3. The molecular weight excluding hydrogens is 963 g/mol. The Kier molecular flexibility index (Phi) is 16.0. The summed E-state index contributed by atoms with van der Waals surface area (Å²) in [5, 5.41) is 21.7. The van der Waals surface area contributed by atoms with Crippen molar-refractivity contribution in [2.24, 2.45) is 0 Å².